The third-order valence-corrected chi connectivity index (χ3v) is 6.25. The minimum absolute atomic E-state index is 0. The second kappa shape index (κ2) is 8.45. The molecule has 0 aliphatic carbocycles. The normalized spacial score (nSPS) is 16.7. The van der Waals surface area contributed by atoms with Gasteiger partial charge in [0.2, 0.25) is 10.0 Å². The van der Waals surface area contributed by atoms with Crippen LogP contribution < -0.4 is 4.72 Å². The molecule has 0 bridgehead atoms. The van der Waals surface area contributed by atoms with Crippen LogP contribution in [0.25, 0.3) is 10.9 Å². The van der Waals surface area contributed by atoms with Gasteiger partial charge >= 0.3 is 0 Å². The minimum atomic E-state index is -3.54. The molecule has 0 radical (unpaired) electrons. The number of likely N-dealkylation sites (tertiary alicyclic amines) is 1. The van der Waals surface area contributed by atoms with E-state index in [4.69, 9.17) is 0 Å². The van der Waals surface area contributed by atoms with Gasteiger partial charge in [-0.15, -0.1) is 12.4 Å². The highest BCUT2D eigenvalue weighted by Gasteiger charge is 2.25. The Morgan fingerprint density at radius 2 is 1.96 bits per heavy atom. The molecule has 3 rings (SSSR count). The molecule has 0 saturated carbocycles. The van der Waals surface area contributed by atoms with Crippen LogP contribution in [-0.2, 0) is 10.0 Å². The fraction of sp³-hybridized carbons (Fsp3) is 0.500. The van der Waals surface area contributed by atoms with Gasteiger partial charge < -0.3 is 4.90 Å². The molecule has 7 heteroatoms. The van der Waals surface area contributed by atoms with E-state index >= 15 is 0 Å². The van der Waals surface area contributed by atoms with Gasteiger partial charge in [-0.3, -0.25) is 4.98 Å². The van der Waals surface area contributed by atoms with Gasteiger partial charge in [-0.25, -0.2) is 13.1 Å². The van der Waals surface area contributed by atoms with Crippen molar-refractivity contribution < 1.29 is 8.42 Å². The first kappa shape index (κ1) is 20.1. The fourth-order valence-corrected chi connectivity index (χ4v) is 4.90. The smallest absolute Gasteiger partial charge is 0.241 e. The van der Waals surface area contributed by atoms with Crippen molar-refractivity contribution in [2.24, 2.45) is 0 Å². The lowest BCUT2D eigenvalue weighted by Gasteiger charge is -2.32. The number of rotatable bonds is 5. The van der Waals surface area contributed by atoms with Crippen molar-refractivity contribution in [3.8, 4) is 0 Å². The van der Waals surface area contributed by atoms with E-state index in [0.29, 0.717) is 10.3 Å². The van der Waals surface area contributed by atoms with Gasteiger partial charge in [-0.2, -0.15) is 0 Å². The van der Waals surface area contributed by atoms with Crippen molar-refractivity contribution in [2.75, 3.05) is 19.6 Å². The highest BCUT2D eigenvalue weighted by atomic mass is 35.5. The standard InChI is InChI=1S/C18H25N3O2S.ClH/c1-3-11-21-12-8-15(9-13-21)20-24(22,23)17-7-6-14(2)18-16(17)5-4-10-19-18;/h4-7,10,15,20H,3,8-9,11-13H2,1-2H3;1H. The lowest BCUT2D eigenvalue weighted by molar-refractivity contribution is 0.208. The van der Waals surface area contributed by atoms with Crippen molar-refractivity contribution in [1.29, 1.82) is 0 Å². The van der Waals surface area contributed by atoms with Crippen molar-refractivity contribution >= 4 is 33.3 Å². The number of aryl methyl sites for hydroxylation is 1. The molecule has 1 aromatic carbocycles. The van der Waals surface area contributed by atoms with Gasteiger partial charge in [-0.05, 0) is 69.6 Å². The molecule has 0 unspecified atom stereocenters. The van der Waals surface area contributed by atoms with E-state index in [-0.39, 0.29) is 18.4 Å². The summed E-state index contributed by atoms with van der Waals surface area (Å²) in [5, 5.41) is 0.688. The van der Waals surface area contributed by atoms with E-state index in [0.717, 1.165) is 50.0 Å². The molecule has 0 amide bonds. The van der Waals surface area contributed by atoms with Crippen molar-refractivity contribution in [3.63, 3.8) is 0 Å². The first-order valence-electron chi connectivity index (χ1n) is 8.60. The number of hydrogen-bond donors (Lipinski definition) is 1. The maximum atomic E-state index is 12.9. The average Bonchev–Trinajstić information content (AvgIpc) is 2.57. The van der Waals surface area contributed by atoms with Crippen LogP contribution in [0.4, 0.5) is 0 Å². The summed E-state index contributed by atoms with van der Waals surface area (Å²) in [6.07, 6.45) is 4.56. The number of piperidine rings is 1. The van der Waals surface area contributed by atoms with Gasteiger partial charge in [0.1, 0.15) is 0 Å². The van der Waals surface area contributed by atoms with Gasteiger partial charge in [0.25, 0.3) is 0 Å². The van der Waals surface area contributed by atoms with Crippen molar-refractivity contribution in [3.05, 3.63) is 36.0 Å². The molecule has 5 nitrogen and oxygen atoms in total. The molecule has 0 atom stereocenters. The average molecular weight is 384 g/mol. The topological polar surface area (TPSA) is 62.3 Å². The molecule has 2 aromatic rings. The van der Waals surface area contributed by atoms with E-state index in [1.54, 1.807) is 18.3 Å². The van der Waals surface area contributed by atoms with Crippen LogP contribution in [0.15, 0.2) is 35.4 Å². The molecular weight excluding hydrogens is 358 g/mol. The van der Waals surface area contributed by atoms with Gasteiger partial charge in [-0.1, -0.05) is 13.0 Å². The van der Waals surface area contributed by atoms with Crippen LogP contribution in [0.5, 0.6) is 0 Å². The SMILES string of the molecule is CCCN1CCC(NS(=O)(=O)c2ccc(C)c3ncccc23)CC1.Cl. The fourth-order valence-electron chi connectivity index (χ4n) is 3.40. The summed E-state index contributed by atoms with van der Waals surface area (Å²) in [4.78, 5) is 7.06. The summed E-state index contributed by atoms with van der Waals surface area (Å²) < 4.78 is 28.7. The number of pyridine rings is 1. The number of sulfonamides is 1. The minimum Gasteiger partial charge on any atom is -0.303 e. The Bertz CT molecular complexity index is 818. The van der Waals surface area contributed by atoms with E-state index < -0.39 is 10.0 Å². The van der Waals surface area contributed by atoms with Crippen LogP contribution >= 0.6 is 12.4 Å². The van der Waals surface area contributed by atoms with Crippen LogP contribution in [0.2, 0.25) is 0 Å². The second-order valence-corrected chi connectivity index (χ2v) is 8.20. The van der Waals surface area contributed by atoms with Crippen molar-refractivity contribution in [2.45, 2.75) is 44.0 Å². The lowest BCUT2D eigenvalue weighted by Crippen LogP contribution is -2.44. The van der Waals surface area contributed by atoms with Gasteiger partial charge in [0.05, 0.1) is 10.4 Å². The van der Waals surface area contributed by atoms with Crippen LogP contribution in [0, 0.1) is 6.92 Å². The summed E-state index contributed by atoms with van der Waals surface area (Å²) in [5.74, 6) is 0. The molecule has 1 N–H and O–H groups in total. The number of aromatic nitrogens is 1. The van der Waals surface area contributed by atoms with Crippen LogP contribution in [0.1, 0.15) is 31.7 Å². The predicted molar refractivity (Wildman–Crippen MR) is 104 cm³/mol. The molecular formula is C18H26ClN3O2S. The maximum Gasteiger partial charge on any atom is 0.241 e. The predicted octanol–water partition coefficient (Wildman–Crippen LogP) is 3.12. The Balaban J connectivity index is 0.00000225. The monoisotopic (exact) mass is 383 g/mol. The first-order chi connectivity index (χ1) is 11.5. The van der Waals surface area contributed by atoms with E-state index in [1.807, 2.05) is 19.1 Å². The number of hydrogen-bond acceptors (Lipinski definition) is 4. The van der Waals surface area contributed by atoms with Crippen molar-refractivity contribution in [1.82, 2.24) is 14.6 Å². The van der Waals surface area contributed by atoms with Gasteiger partial charge in [0, 0.05) is 17.6 Å². The molecule has 1 aliphatic heterocycles. The zero-order chi connectivity index (χ0) is 17.2. The Labute approximate surface area is 156 Å². The molecule has 25 heavy (non-hydrogen) atoms. The first-order valence-corrected chi connectivity index (χ1v) is 10.1. The third kappa shape index (κ3) is 4.50. The summed E-state index contributed by atoms with van der Waals surface area (Å²) in [7, 11) is -3.54. The highest BCUT2D eigenvalue weighted by molar-refractivity contribution is 7.89. The second-order valence-electron chi connectivity index (χ2n) is 6.52. The number of nitrogens with zero attached hydrogens (tertiary/aromatic N) is 2. The lowest BCUT2D eigenvalue weighted by atomic mass is 10.1. The Hall–Kier alpha value is -1.21. The summed E-state index contributed by atoms with van der Waals surface area (Å²) in [6.45, 7) is 7.12. The third-order valence-electron chi connectivity index (χ3n) is 4.67. The number of nitrogens with one attached hydrogen (secondary N) is 1. The Morgan fingerprint density at radius 3 is 2.64 bits per heavy atom. The highest BCUT2D eigenvalue weighted by Crippen LogP contribution is 2.25. The van der Waals surface area contributed by atoms with Crippen LogP contribution in [0.3, 0.4) is 0 Å². The molecule has 1 saturated heterocycles. The van der Waals surface area contributed by atoms with Crippen LogP contribution in [-0.4, -0.2) is 44.0 Å². The Morgan fingerprint density at radius 1 is 1.24 bits per heavy atom. The van der Waals surface area contributed by atoms with Gasteiger partial charge in [0.15, 0.2) is 0 Å². The summed E-state index contributed by atoms with van der Waals surface area (Å²) >= 11 is 0. The Kier molecular flexibility index (Phi) is 6.79. The number of benzene rings is 1. The molecule has 0 spiro atoms. The maximum absolute atomic E-state index is 12.9. The zero-order valence-electron chi connectivity index (χ0n) is 14.7. The molecule has 1 aromatic heterocycles. The zero-order valence-corrected chi connectivity index (χ0v) is 16.4. The summed E-state index contributed by atoms with van der Waals surface area (Å²) in [5.41, 5.74) is 1.73. The summed E-state index contributed by atoms with van der Waals surface area (Å²) in [6, 6.07) is 7.13. The van der Waals surface area contributed by atoms with E-state index in [2.05, 4.69) is 21.5 Å². The quantitative estimate of drug-likeness (QED) is 0.861. The molecule has 2 heterocycles. The molecule has 138 valence electrons. The largest absolute Gasteiger partial charge is 0.303 e. The molecule has 1 aliphatic rings. The van der Waals surface area contributed by atoms with E-state index in [9.17, 15) is 8.42 Å². The molecule has 1 fully saturated rings. The number of halogens is 1. The number of fused-ring (bicyclic) bond motifs is 1. The van der Waals surface area contributed by atoms with E-state index in [1.165, 1.54) is 0 Å².